The zero-order chi connectivity index (χ0) is 22.5. The maximum Gasteiger partial charge on any atom is 0.261 e. The highest BCUT2D eigenvalue weighted by Gasteiger charge is 2.33. The maximum atomic E-state index is 13.5. The highest BCUT2D eigenvalue weighted by molar-refractivity contribution is 6.38. The van der Waals surface area contributed by atoms with Crippen LogP contribution in [0.3, 0.4) is 0 Å². The predicted octanol–water partition coefficient (Wildman–Crippen LogP) is 7.69. The lowest BCUT2D eigenvalue weighted by molar-refractivity contribution is 0.0608. The van der Waals surface area contributed by atoms with Gasteiger partial charge in [0.1, 0.15) is 0 Å². The Morgan fingerprint density at radius 3 is 1.73 bits per heavy atom. The second-order valence-corrected chi connectivity index (χ2v) is 9.31. The molecular formula is C30H27NO2. The van der Waals surface area contributed by atoms with Gasteiger partial charge in [-0.2, -0.15) is 0 Å². The number of carbonyl (C=O) groups excluding carboxylic acids is 2. The predicted molar refractivity (Wildman–Crippen MR) is 136 cm³/mol. The van der Waals surface area contributed by atoms with Crippen LogP contribution in [0.1, 0.15) is 66.2 Å². The van der Waals surface area contributed by atoms with E-state index in [1.807, 2.05) is 12.1 Å². The van der Waals surface area contributed by atoms with Crippen molar-refractivity contribution in [2.24, 2.45) is 0 Å². The van der Waals surface area contributed by atoms with Crippen LogP contribution >= 0.6 is 0 Å². The standard InChI is InChI=1S/C30H27NO2/c1-2-3-4-5-6-7-18-31-29(32)24-16-14-22-20-12-8-10-19-11-9-13-21(26(19)20)23-15-17-25(30(31)33)28(24)27(22)23/h8-17H,2-7,18H2,1H3. The summed E-state index contributed by atoms with van der Waals surface area (Å²) in [5.74, 6) is -0.302. The van der Waals surface area contributed by atoms with E-state index in [1.165, 1.54) is 45.7 Å². The largest absolute Gasteiger partial charge is 0.274 e. The molecule has 1 heterocycles. The topological polar surface area (TPSA) is 37.4 Å². The van der Waals surface area contributed by atoms with E-state index in [1.54, 1.807) is 0 Å². The van der Waals surface area contributed by atoms with Crippen LogP contribution in [-0.2, 0) is 0 Å². The minimum atomic E-state index is -0.151. The molecule has 0 spiro atoms. The average Bonchev–Trinajstić information content (AvgIpc) is 2.85. The molecule has 0 aromatic heterocycles. The zero-order valence-electron chi connectivity index (χ0n) is 19.0. The van der Waals surface area contributed by atoms with Crippen LogP contribution in [-0.4, -0.2) is 23.3 Å². The highest BCUT2D eigenvalue weighted by atomic mass is 16.2. The first kappa shape index (κ1) is 20.2. The van der Waals surface area contributed by atoms with E-state index in [0.717, 1.165) is 40.8 Å². The molecule has 1 aliphatic heterocycles. The molecule has 0 saturated carbocycles. The molecule has 164 valence electrons. The summed E-state index contributed by atoms with van der Waals surface area (Å²) >= 11 is 0. The molecule has 0 saturated heterocycles. The van der Waals surface area contributed by atoms with Crippen molar-refractivity contribution in [2.45, 2.75) is 45.4 Å². The van der Waals surface area contributed by atoms with Gasteiger partial charge >= 0.3 is 0 Å². The molecule has 5 aromatic carbocycles. The quantitative estimate of drug-likeness (QED) is 0.114. The normalized spacial score (nSPS) is 13.9. The van der Waals surface area contributed by atoms with Crippen molar-refractivity contribution in [3.63, 3.8) is 0 Å². The molecule has 0 bridgehead atoms. The second-order valence-electron chi connectivity index (χ2n) is 9.31. The molecule has 0 N–H and O–H groups in total. The second kappa shape index (κ2) is 7.84. The number of fused-ring (bicyclic) bond motifs is 2. The van der Waals surface area contributed by atoms with Crippen molar-refractivity contribution in [3.05, 3.63) is 71.8 Å². The molecule has 0 fully saturated rings. The van der Waals surface area contributed by atoms with Gasteiger partial charge in [0.2, 0.25) is 0 Å². The van der Waals surface area contributed by atoms with Gasteiger partial charge in [0.15, 0.2) is 0 Å². The number of rotatable bonds is 7. The Kier molecular flexibility index (Phi) is 4.79. The molecule has 0 atom stereocenters. The van der Waals surface area contributed by atoms with E-state index in [4.69, 9.17) is 0 Å². The van der Waals surface area contributed by atoms with Crippen molar-refractivity contribution >= 4 is 54.9 Å². The van der Waals surface area contributed by atoms with Crippen molar-refractivity contribution in [3.8, 4) is 0 Å². The number of nitrogens with zero attached hydrogens (tertiary/aromatic N) is 1. The fourth-order valence-corrected chi connectivity index (χ4v) is 5.73. The Morgan fingerprint density at radius 2 is 1.12 bits per heavy atom. The monoisotopic (exact) mass is 433 g/mol. The molecule has 2 amide bonds. The van der Waals surface area contributed by atoms with Gasteiger partial charge in [0.25, 0.3) is 11.8 Å². The van der Waals surface area contributed by atoms with Crippen LogP contribution in [0.4, 0.5) is 0 Å². The van der Waals surface area contributed by atoms with Crippen molar-refractivity contribution < 1.29 is 9.59 Å². The lowest BCUT2D eigenvalue weighted by Gasteiger charge is -2.28. The van der Waals surface area contributed by atoms with Gasteiger partial charge in [0.05, 0.1) is 0 Å². The van der Waals surface area contributed by atoms with E-state index < -0.39 is 0 Å². The van der Waals surface area contributed by atoms with Gasteiger partial charge in [-0.3, -0.25) is 14.5 Å². The molecular weight excluding hydrogens is 406 g/mol. The minimum Gasteiger partial charge on any atom is -0.274 e. The molecule has 3 nitrogen and oxygen atoms in total. The number of unbranched alkanes of at least 4 members (excludes halogenated alkanes) is 5. The number of amides is 2. The Bertz CT molecular complexity index is 1450. The van der Waals surface area contributed by atoms with Gasteiger partial charge in [-0.15, -0.1) is 0 Å². The number of imide groups is 1. The van der Waals surface area contributed by atoms with E-state index in [2.05, 4.69) is 55.5 Å². The summed E-state index contributed by atoms with van der Waals surface area (Å²) < 4.78 is 0. The average molecular weight is 434 g/mol. The van der Waals surface area contributed by atoms with E-state index in [0.29, 0.717) is 17.7 Å². The van der Waals surface area contributed by atoms with Gasteiger partial charge in [-0.25, -0.2) is 0 Å². The first-order valence-corrected chi connectivity index (χ1v) is 12.2. The van der Waals surface area contributed by atoms with E-state index in [9.17, 15) is 9.59 Å². The molecule has 5 aromatic rings. The molecule has 1 aliphatic rings. The van der Waals surface area contributed by atoms with Crippen molar-refractivity contribution in [1.29, 1.82) is 0 Å². The van der Waals surface area contributed by atoms with Crippen molar-refractivity contribution in [1.82, 2.24) is 4.90 Å². The van der Waals surface area contributed by atoms with Gasteiger partial charge < -0.3 is 0 Å². The number of hydrogen-bond acceptors (Lipinski definition) is 2. The SMILES string of the molecule is CCCCCCCCN1C(=O)c2ccc3c4cccc5cccc(c6ccc(c2c36)C1=O)c54. The van der Waals surface area contributed by atoms with Gasteiger partial charge in [0, 0.05) is 23.1 Å². The first-order valence-electron chi connectivity index (χ1n) is 12.2. The summed E-state index contributed by atoms with van der Waals surface area (Å²) in [6.07, 6.45) is 6.77. The minimum absolute atomic E-state index is 0.151. The van der Waals surface area contributed by atoms with E-state index >= 15 is 0 Å². The summed E-state index contributed by atoms with van der Waals surface area (Å²) in [6.45, 7) is 2.70. The number of carbonyl (C=O) groups is 2. The Balaban J connectivity index is 1.49. The summed E-state index contributed by atoms with van der Waals surface area (Å²) in [6, 6.07) is 20.8. The van der Waals surface area contributed by atoms with Crippen LogP contribution in [0, 0.1) is 0 Å². The van der Waals surface area contributed by atoms with Crippen LogP contribution in [0.15, 0.2) is 60.7 Å². The maximum absolute atomic E-state index is 13.5. The highest BCUT2D eigenvalue weighted by Crippen LogP contribution is 2.43. The number of benzene rings is 5. The molecule has 33 heavy (non-hydrogen) atoms. The summed E-state index contributed by atoms with van der Waals surface area (Å²) in [5.41, 5.74) is 1.31. The van der Waals surface area contributed by atoms with Crippen LogP contribution in [0.2, 0.25) is 0 Å². The van der Waals surface area contributed by atoms with Gasteiger partial charge in [-0.1, -0.05) is 87.6 Å². The molecule has 0 radical (unpaired) electrons. The third kappa shape index (κ3) is 2.95. The molecule has 0 unspecified atom stereocenters. The third-order valence-corrected chi connectivity index (χ3v) is 7.33. The fraction of sp³-hybridized carbons (Fsp3) is 0.267. The Morgan fingerprint density at radius 1 is 0.576 bits per heavy atom. The molecule has 6 rings (SSSR count). The fourth-order valence-electron chi connectivity index (χ4n) is 5.73. The number of hydrogen-bond donors (Lipinski definition) is 0. The zero-order valence-corrected chi connectivity index (χ0v) is 19.0. The lowest BCUT2D eigenvalue weighted by Crippen LogP contribution is -2.40. The Hall–Kier alpha value is -3.46. The smallest absolute Gasteiger partial charge is 0.261 e. The summed E-state index contributed by atoms with van der Waals surface area (Å²) in [5, 5.41) is 8.89. The van der Waals surface area contributed by atoms with Crippen LogP contribution in [0.25, 0.3) is 43.1 Å². The van der Waals surface area contributed by atoms with Crippen LogP contribution in [0.5, 0.6) is 0 Å². The van der Waals surface area contributed by atoms with E-state index in [-0.39, 0.29) is 11.8 Å². The lowest BCUT2D eigenvalue weighted by atomic mass is 9.85. The Labute approximate surface area is 193 Å². The molecule has 0 aliphatic carbocycles. The molecule has 3 heteroatoms. The van der Waals surface area contributed by atoms with Gasteiger partial charge in [-0.05, 0) is 56.3 Å². The third-order valence-electron chi connectivity index (χ3n) is 7.33. The van der Waals surface area contributed by atoms with Crippen LogP contribution < -0.4 is 0 Å². The van der Waals surface area contributed by atoms with Crippen molar-refractivity contribution in [2.75, 3.05) is 6.54 Å². The summed E-state index contributed by atoms with van der Waals surface area (Å²) in [4.78, 5) is 28.4. The first-order chi connectivity index (χ1) is 16.2. The summed E-state index contributed by atoms with van der Waals surface area (Å²) in [7, 11) is 0.